The molecule has 0 atom stereocenters. The fourth-order valence-corrected chi connectivity index (χ4v) is 3.89. The van der Waals surface area contributed by atoms with Gasteiger partial charge in [-0.25, -0.2) is 9.59 Å². The van der Waals surface area contributed by atoms with E-state index in [0.717, 1.165) is 12.0 Å². The lowest BCUT2D eigenvalue weighted by Gasteiger charge is -2.11. The van der Waals surface area contributed by atoms with E-state index in [1.807, 2.05) is 31.2 Å². The van der Waals surface area contributed by atoms with Crippen LogP contribution in [-0.4, -0.2) is 29.5 Å². The van der Waals surface area contributed by atoms with E-state index in [4.69, 9.17) is 0 Å². The van der Waals surface area contributed by atoms with E-state index in [2.05, 4.69) is 24.9 Å². The van der Waals surface area contributed by atoms with E-state index in [9.17, 15) is 19.2 Å². The Kier molecular flexibility index (Phi) is 4.40. The average molecular weight is 430 g/mol. The Morgan fingerprint density at radius 3 is 2.09 bits per heavy atom. The lowest BCUT2D eigenvalue weighted by atomic mass is 9.99. The largest absolute Gasteiger partial charge is 0.340 e. The van der Waals surface area contributed by atoms with Crippen molar-refractivity contribution in [1.29, 1.82) is 0 Å². The minimum atomic E-state index is -0.682. The molecule has 0 spiro atoms. The smallest absolute Gasteiger partial charge is 0.327 e. The molecule has 10 nitrogen and oxygen atoms in total. The van der Waals surface area contributed by atoms with Crippen LogP contribution in [0.2, 0.25) is 0 Å². The standard InChI is InChI=1S/C22H18N6O4/c1-2-11-5-7-12(8-6-11)16-13(14-17(23-16)24-21(31)26-19(14)29)15-18(28-9-3-4-10-28)25-22(32)27-20(15)30/h3-10H,2H2,1H3,(H2,25,27,30,32)(H3,23,24,26,29,31). The molecule has 0 unspecified atom stereocenters. The van der Waals surface area contributed by atoms with Crippen LogP contribution in [-0.2, 0) is 6.42 Å². The number of H-pyrrole nitrogens is 5. The van der Waals surface area contributed by atoms with Gasteiger partial charge in [-0.05, 0) is 29.7 Å². The first-order valence-corrected chi connectivity index (χ1v) is 9.94. The first-order chi connectivity index (χ1) is 15.5. The van der Waals surface area contributed by atoms with E-state index in [-0.39, 0.29) is 28.0 Å². The summed E-state index contributed by atoms with van der Waals surface area (Å²) in [6.07, 6.45) is 4.19. The molecule has 160 valence electrons. The lowest BCUT2D eigenvalue weighted by Crippen LogP contribution is -2.27. The number of hydrogen-bond donors (Lipinski definition) is 5. The van der Waals surface area contributed by atoms with Crippen molar-refractivity contribution >= 4 is 11.0 Å². The Morgan fingerprint density at radius 1 is 0.750 bits per heavy atom. The van der Waals surface area contributed by atoms with Crippen LogP contribution in [0, 0.1) is 0 Å². The van der Waals surface area contributed by atoms with Gasteiger partial charge in [-0.15, -0.1) is 0 Å². The molecule has 0 aliphatic heterocycles. The van der Waals surface area contributed by atoms with Crippen molar-refractivity contribution < 1.29 is 0 Å². The quantitative estimate of drug-likeness (QED) is 0.294. The molecule has 1 aromatic carbocycles. The molecule has 0 amide bonds. The molecule has 0 aliphatic carbocycles. The van der Waals surface area contributed by atoms with Gasteiger partial charge >= 0.3 is 11.4 Å². The Labute approximate surface area is 178 Å². The van der Waals surface area contributed by atoms with Crippen LogP contribution in [0.5, 0.6) is 0 Å². The van der Waals surface area contributed by atoms with Gasteiger partial charge in [-0.3, -0.25) is 29.5 Å². The zero-order valence-electron chi connectivity index (χ0n) is 16.9. The highest BCUT2D eigenvalue weighted by Crippen LogP contribution is 2.36. The molecule has 4 heterocycles. The van der Waals surface area contributed by atoms with Crippen molar-refractivity contribution in [2.45, 2.75) is 13.3 Å². The van der Waals surface area contributed by atoms with Crippen LogP contribution < -0.4 is 22.5 Å². The van der Waals surface area contributed by atoms with Gasteiger partial charge in [0, 0.05) is 18.0 Å². The van der Waals surface area contributed by atoms with Gasteiger partial charge in [0.1, 0.15) is 11.5 Å². The van der Waals surface area contributed by atoms with Crippen molar-refractivity contribution in [3.05, 3.63) is 96.0 Å². The molecule has 0 saturated heterocycles. The summed E-state index contributed by atoms with van der Waals surface area (Å²) < 4.78 is 1.58. The lowest BCUT2D eigenvalue weighted by molar-refractivity contribution is 0.938. The van der Waals surface area contributed by atoms with Crippen LogP contribution in [0.4, 0.5) is 0 Å². The summed E-state index contributed by atoms with van der Waals surface area (Å²) in [4.78, 5) is 62.7. The monoisotopic (exact) mass is 430 g/mol. The molecule has 4 aromatic heterocycles. The molecule has 5 rings (SSSR count). The first kappa shape index (κ1) is 19.4. The number of nitrogens with one attached hydrogen (secondary N) is 5. The highest BCUT2D eigenvalue weighted by Gasteiger charge is 2.24. The van der Waals surface area contributed by atoms with E-state index in [1.165, 1.54) is 0 Å². The highest BCUT2D eigenvalue weighted by molar-refractivity contribution is 6.03. The van der Waals surface area contributed by atoms with E-state index in [1.54, 1.807) is 29.1 Å². The number of nitrogens with zero attached hydrogens (tertiary/aromatic N) is 1. The molecule has 32 heavy (non-hydrogen) atoms. The molecule has 0 radical (unpaired) electrons. The number of fused-ring (bicyclic) bond motifs is 1. The summed E-state index contributed by atoms with van der Waals surface area (Å²) in [7, 11) is 0. The second-order valence-corrected chi connectivity index (χ2v) is 7.31. The number of hydrogen-bond acceptors (Lipinski definition) is 4. The van der Waals surface area contributed by atoms with Gasteiger partial charge in [0.2, 0.25) is 0 Å². The van der Waals surface area contributed by atoms with Gasteiger partial charge in [-0.1, -0.05) is 31.2 Å². The van der Waals surface area contributed by atoms with Crippen molar-refractivity contribution in [1.82, 2.24) is 29.5 Å². The predicted octanol–water partition coefficient (Wildman–Crippen LogP) is 1.61. The van der Waals surface area contributed by atoms with E-state index >= 15 is 0 Å². The number of aromatic amines is 5. The molecule has 10 heteroatoms. The first-order valence-electron chi connectivity index (χ1n) is 9.94. The summed E-state index contributed by atoms with van der Waals surface area (Å²) in [5.41, 5.74) is 0.120. The normalized spacial score (nSPS) is 11.3. The molecular formula is C22H18N6O4. The van der Waals surface area contributed by atoms with Crippen molar-refractivity contribution in [3.63, 3.8) is 0 Å². The van der Waals surface area contributed by atoms with Crippen LogP contribution in [0.15, 0.2) is 68.0 Å². The number of rotatable bonds is 4. The van der Waals surface area contributed by atoms with Crippen LogP contribution in [0.3, 0.4) is 0 Å². The Morgan fingerprint density at radius 2 is 1.41 bits per heavy atom. The highest BCUT2D eigenvalue weighted by atomic mass is 16.2. The molecule has 0 saturated carbocycles. The molecule has 5 aromatic rings. The van der Waals surface area contributed by atoms with Gasteiger partial charge in [0.25, 0.3) is 11.1 Å². The Balaban J connectivity index is 1.95. The van der Waals surface area contributed by atoms with Crippen molar-refractivity contribution in [3.8, 4) is 28.2 Å². The van der Waals surface area contributed by atoms with Crippen molar-refractivity contribution in [2.24, 2.45) is 0 Å². The number of aromatic nitrogens is 6. The predicted molar refractivity (Wildman–Crippen MR) is 120 cm³/mol. The maximum Gasteiger partial charge on any atom is 0.327 e. The fourth-order valence-electron chi connectivity index (χ4n) is 3.89. The topological polar surface area (TPSA) is 152 Å². The minimum absolute atomic E-state index is 0.0826. The van der Waals surface area contributed by atoms with Crippen LogP contribution in [0.1, 0.15) is 12.5 Å². The fraction of sp³-hybridized carbons (Fsp3) is 0.0909. The van der Waals surface area contributed by atoms with Crippen molar-refractivity contribution in [2.75, 3.05) is 0 Å². The SMILES string of the molecule is CCc1ccc(-c2[nH]c3[nH]c(=O)[nH]c(=O)c3c2-c2c(-n3cccc3)[nH]c(=O)[nH]c2=O)cc1. The number of aryl methyl sites for hydroxylation is 1. The summed E-state index contributed by atoms with van der Waals surface area (Å²) >= 11 is 0. The maximum absolute atomic E-state index is 13.1. The molecule has 0 bridgehead atoms. The van der Waals surface area contributed by atoms with Gasteiger partial charge in [0.15, 0.2) is 0 Å². The summed E-state index contributed by atoms with van der Waals surface area (Å²) in [5.74, 6) is 0.196. The molecule has 5 N–H and O–H groups in total. The Bertz CT molecular complexity index is 1680. The number of benzene rings is 1. The van der Waals surface area contributed by atoms with Gasteiger partial charge < -0.3 is 9.55 Å². The second kappa shape index (κ2) is 7.27. The summed E-state index contributed by atoms with van der Waals surface area (Å²) in [6, 6.07) is 11.1. The van der Waals surface area contributed by atoms with E-state index in [0.29, 0.717) is 11.3 Å². The maximum atomic E-state index is 13.1. The van der Waals surface area contributed by atoms with Crippen LogP contribution >= 0.6 is 0 Å². The zero-order valence-corrected chi connectivity index (χ0v) is 16.9. The van der Waals surface area contributed by atoms with E-state index < -0.39 is 22.5 Å². The molecule has 0 aliphatic rings. The third kappa shape index (κ3) is 3.05. The second-order valence-electron chi connectivity index (χ2n) is 7.31. The van der Waals surface area contributed by atoms with Crippen LogP contribution in [0.25, 0.3) is 39.2 Å². The summed E-state index contributed by atoms with van der Waals surface area (Å²) in [5, 5.41) is 0.102. The third-order valence-corrected chi connectivity index (χ3v) is 5.38. The van der Waals surface area contributed by atoms with Gasteiger partial charge in [0.05, 0.1) is 16.6 Å². The molecule has 0 fully saturated rings. The van der Waals surface area contributed by atoms with Gasteiger partial charge in [-0.2, -0.15) is 0 Å². The minimum Gasteiger partial charge on any atom is -0.340 e. The zero-order chi connectivity index (χ0) is 22.4. The molecular weight excluding hydrogens is 412 g/mol. The Hall–Kier alpha value is -4.60. The summed E-state index contributed by atoms with van der Waals surface area (Å²) in [6.45, 7) is 2.04. The average Bonchev–Trinajstić information content (AvgIpc) is 3.42. The third-order valence-electron chi connectivity index (χ3n) is 5.38.